The third-order valence-corrected chi connectivity index (χ3v) is 4.66. The van der Waals surface area contributed by atoms with Gasteiger partial charge in [0.25, 0.3) is 5.22 Å². The molecule has 0 aliphatic carbocycles. The summed E-state index contributed by atoms with van der Waals surface area (Å²) in [5.74, 6) is 0.597. The number of anilines is 1. The second-order valence-electron chi connectivity index (χ2n) is 6.55. The van der Waals surface area contributed by atoms with E-state index in [9.17, 15) is 4.79 Å². The van der Waals surface area contributed by atoms with Crippen LogP contribution in [-0.2, 0) is 10.2 Å². The van der Waals surface area contributed by atoms with E-state index in [2.05, 4.69) is 36.6 Å². The van der Waals surface area contributed by atoms with Crippen LogP contribution in [0.25, 0.3) is 11.5 Å². The van der Waals surface area contributed by atoms with E-state index in [1.165, 1.54) is 0 Å². The quantitative estimate of drug-likeness (QED) is 0.587. The zero-order valence-electron chi connectivity index (χ0n) is 14.4. The fourth-order valence-corrected chi connectivity index (χ4v) is 2.96. The SMILES string of the molecule is CC(C)(C)c1cc(NC(=O)CSc2nnc(-c3cccc(Br)c3)o2)on1. The number of aromatic nitrogens is 3. The number of amides is 1. The zero-order chi connectivity index (χ0) is 18.7. The topological polar surface area (TPSA) is 94.1 Å². The molecular weight excluding hydrogens is 420 g/mol. The lowest BCUT2D eigenvalue weighted by Crippen LogP contribution is -2.14. The molecule has 0 saturated heterocycles. The molecule has 0 radical (unpaired) electrons. The fourth-order valence-electron chi connectivity index (χ4n) is 1.99. The highest BCUT2D eigenvalue weighted by molar-refractivity contribution is 9.10. The molecule has 0 aliphatic rings. The number of carbonyl (C=O) groups is 1. The predicted octanol–water partition coefficient (Wildman–Crippen LogP) is 4.52. The van der Waals surface area contributed by atoms with E-state index in [0.717, 1.165) is 27.5 Å². The molecule has 0 aliphatic heterocycles. The molecule has 0 atom stereocenters. The Hall–Kier alpha value is -2.13. The molecule has 0 bridgehead atoms. The van der Waals surface area contributed by atoms with Crippen molar-refractivity contribution in [3.8, 4) is 11.5 Å². The van der Waals surface area contributed by atoms with Crippen molar-refractivity contribution in [1.82, 2.24) is 15.4 Å². The van der Waals surface area contributed by atoms with E-state index in [1.807, 2.05) is 45.0 Å². The van der Waals surface area contributed by atoms with Crippen LogP contribution in [0.15, 0.2) is 49.0 Å². The van der Waals surface area contributed by atoms with Gasteiger partial charge in [0, 0.05) is 21.5 Å². The first-order valence-corrected chi connectivity index (χ1v) is 9.58. The Balaban J connectivity index is 1.56. The first-order chi connectivity index (χ1) is 12.3. The van der Waals surface area contributed by atoms with E-state index < -0.39 is 0 Å². The van der Waals surface area contributed by atoms with Crippen LogP contribution in [0.2, 0.25) is 0 Å². The number of halogens is 1. The van der Waals surface area contributed by atoms with Crippen molar-refractivity contribution in [2.75, 3.05) is 11.1 Å². The third kappa shape index (κ3) is 4.73. The van der Waals surface area contributed by atoms with Gasteiger partial charge in [0.2, 0.25) is 17.7 Å². The average molecular weight is 437 g/mol. The predicted molar refractivity (Wildman–Crippen MR) is 102 cm³/mol. The number of hydrogen-bond acceptors (Lipinski definition) is 7. The first kappa shape index (κ1) is 18.7. The monoisotopic (exact) mass is 436 g/mol. The maximum atomic E-state index is 12.1. The Bertz CT molecular complexity index is 917. The van der Waals surface area contributed by atoms with Crippen LogP contribution in [0.1, 0.15) is 26.5 Å². The summed E-state index contributed by atoms with van der Waals surface area (Å²) in [4.78, 5) is 12.1. The number of hydrogen-bond donors (Lipinski definition) is 1. The molecule has 0 spiro atoms. The summed E-state index contributed by atoms with van der Waals surface area (Å²) in [6.07, 6.45) is 0. The Kier molecular flexibility index (Phi) is 5.47. The summed E-state index contributed by atoms with van der Waals surface area (Å²) in [5.41, 5.74) is 1.43. The van der Waals surface area contributed by atoms with Crippen molar-refractivity contribution < 1.29 is 13.7 Å². The molecule has 0 unspecified atom stereocenters. The van der Waals surface area contributed by atoms with Gasteiger partial charge in [-0.05, 0) is 18.2 Å². The van der Waals surface area contributed by atoms with Gasteiger partial charge in [-0.25, -0.2) is 0 Å². The summed E-state index contributed by atoms with van der Waals surface area (Å²) in [6, 6.07) is 9.27. The molecule has 0 saturated carbocycles. The first-order valence-electron chi connectivity index (χ1n) is 7.80. The maximum absolute atomic E-state index is 12.1. The molecule has 26 heavy (non-hydrogen) atoms. The lowest BCUT2D eigenvalue weighted by atomic mass is 9.92. The number of nitrogens with one attached hydrogen (secondary N) is 1. The fraction of sp³-hybridized carbons (Fsp3) is 0.294. The number of carbonyl (C=O) groups excluding carboxylic acids is 1. The van der Waals surface area contributed by atoms with Crippen molar-refractivity contribution in [3.05, 3.63) is 40.5 Å². The lowest BCUT2D eigenvalue weighted by Gasteiger charge is -2.12. The summed E-state index contributed by atoms with van der Waals surface area (Å²) in [5, 5.41) is 14.9. The van der Waals surface area contributed by atoms with Gasteiger partial charge in [0.1, 0.15) is 0 Å². The van der Waals surface area contributed by atoms with Gasteiger partial charge in [-0.15, -0.1) is 10.2 Å². The Morgan fingerprint density at radius 2 is 2.08 bits per heavy atom. The zero-order valence-corrected chi connectivity index (χ0v) is 16.8. The van der Waals surface area contributed by atoms with Crippen LogP contribution >= 0.6 is 27.7 Å². The summed E-state index contributed by atoms with van der Waals surface area (Å²) >= 11 is 4.55. The van der Waals surface area contributed by atoms with E-state index in [4.69, 9.17) is 8.94 Å². The van der Waals surface area contributed by atoms with E-state index >= 15 is 0 Å². The van der Waals surface area contributed by atoms with Gasteiger partial charge in [0.05, 0.1) is 11.4 Å². The smallest absolute Gasteiger partial charge is 0.277 e. The van der Waals surface area contributed by atoms with Crippen molar-refractivity contribution in [2.45, 2.75) is 31.4 Å². The molecule has 136 valence electrons. The lowest BCUT2D eigenvalue weighted by molar-refractivity contribution is -0.113. The van der Waals surface area contributed by atoms with Gasteiger partial charge < -0.3 is 8.94 Å². The number of benzene rings is 1. The normalized spacial score (nSPS) is 11.5. The van der Waals surface area contributed by atoms with Crippen LogP contribution in [0, 0.1) is 0 Å². The summed E-state index contributed by atoms with van der Waals surface area (Å²) in [7, 11) is 0. The van der Waals surface area contributed by atoms with E-state index in [-0.39, 0.29) is 17.1 Å². The standard InChI is InChI=1S/C17H17BrN4O3S/c1-17(2,3)12-8-14(25-22-12)19-13(23)9-26-16-21-20-15(24-16)10-5-4-6-11(18)7-10/h4-8H,9H2,1-3H3,(H,19,23). The molecule has 2 aromatic heterocycles. The highest BCUT2D eigenvalue weighted by Gasteiger charge is 2.20. The molecule has 1 amide bonds. The minimum Gasteiger partial charge on any atom is -0.411 e. The number of nitrogens with zero attached hydrogens (tertiary/aromatic N) is 3. The van der Waals surface area contributed by atoms with Crippen LogP contribution in [0.4, 0.5) is 5.88 Å². The largest absolute Gasteiger partial charge is 0.411 e. The van der Waals surface area contributed by atoms with Crippen molar-refractivity contribution in [2.24, 2.45) is 0 Å². The second kappa shape index (κ2) is 7.63. The highest BCUT2D eigenvalue weighted by atomic mass is 79.9. The van der Waals surface area contributed by atoms with Crippen LogP contribution in [0.3, 0.4) is 0 Å². The Morgan fingerprint density at radius 1 is 1.27 bits per heavy atom. The summed E-state index contributed by atoms with van der Waals surface area (Å²) < 4.78 is 11.6. The van der Waals surface area contributed by atoms with Gasteiger partial charge >= 0.3 is 0 Å². The molecule has 1 aromatic carbocycles. The Morgan fingerprint density at radius 3 is 2.77 bits per heavy atom. The molecule has 2 heterocycles. The Labute approximate surface area is 163 Å². The minimum atomic E-state index is -0.242. The molecule has 0 fully saturated rings. The maximum Gasteiger partial charge on any atom is 0.277 e. The molecule has 7 nitrogen and oxygen atoms in total. The van der Waals surface area contributed by atoms with E-state index in [0.29, 0.717) is 17.0 Å². The van der Waals surface area contributed by atoms with Gasteiger partial charge in [-0.1, -0.05) is 59.7 Å². The van der Waals surface area contributed by atoms with Gasteiger partial charge in [-0.2, -0.15) is 0 Å². The molecule has 9 heteroatoms. The van der Waals surface area contributed by atoms with Gasteiger partial charge in [0.15, 0.2) is 0 Å². The van der Waals surface area contributed by atoms with Gasteiger partial charge in [-0.3, -0.25) is 10.1 Å². The highest BCUT2D eigenvalue weighted by Crippen LogP contribution is 2.26. The van der Waals surface area contributed by atoms with Crippen molar-refractivity contribution in [3.63, 3.8) is 0 Å². The number of thioether (sulfide) groups is 1. The number of rotatable bonds is 5. The second-order valence-corrected chi connectivity index (χ2v) is 8.39. The summed E-state index contributed by atoms with van der Waals surface area (Å²) in [6.45, 7) is 6.06. The van der Waals surface area contributed by atoms with Crippen LogP contribution in [0.5, 0.6) is 0 Å². The van der Waals surface area contributed by atoms with Crippen molar-refractivity contribution in [1.29, 1.82) is 0 Å². The third-order valence-electron chi connectivity index (χ3n) is 3.35. The molecule has 3 rings (SSSR count). The average Bonchev–Trinajstić information content (AvgIpc) is 3.22. The van der Waals surface area contributed by atoms with E-state index in [1.54, 1.807) is 6.07 Å². The van der Waals surface area contributed by atoms with Crippen LogP contribution in [-0.4, -0.2) is 27.0 Å². The molecular formula is C17H17BrN4O3S. The molecule has 3 aromatic rings. The molecule has 1 N–H and O–H groups in total. The van der Waals surface area contributed by atoms with Crippen LogP contribution < -0.4 is 5.32 Å². The van der Waals surface area contributed by atoms with Crippen molar-refractivity contribution >= 4 is 39.5 Å². The minimum absolute atomic E-state index is 0.117.